The van der Waals surface area contributed by atoms with E-state index in [4.69, 9.17) is 0 Å². The number of rotatable bonds is 6. The molecular weight excluding hydrogens is 571 g/mol. The van der Waals surface area contributed by atoms with Crippen LogP contribution in [-0.2, 0) is 19.4 Å². The lowest BCUT2D eigenvalue weighted by atomic mass is 9.94. The Morgan fingerprint density at radius 1 is 0.660 bits per heavy atom. The molecule has 0 bridgehead atoms. The topological polar surface area (TPSA) is 21.9 Å². The maximum absolute atomic E-state index is 3.28. The smallest absolute Gasteiger partial charge is 0.0543 e. The van der Waals surface area contributed by atoms with Crippen molar-refractivity contribution in [2.24, 2.45) is 0 Å². The Hall–Kier alpha value is -5.12. The van der Waals surface area contributed by atoms with E-state index in [9.17, 15) is 0 Å². The number of allylic oxidation sites excluding steroid dienone is 6. The second kappa shape index (κ2) is 11.6. The van der Waals surface area contributed by atoms with E-state index in [0.29, 0.717) is 0 Å². The van der Waals surface area contributed by atoms with E-state index in [-0.39, 0.29) is 0 Å². The van der Waals surface area contributed by atoms with E-state index in [0.717, 1.165) is 45.1 Å². The third-order valence-corrected chi connectivity index (χ3v) is 10.2. The molecule has 0 fully saturated rings. The molecule has 0 atom stereocenters. The van der Waals surface area contributed by atoms with Crippen LogP contribution in [0.25, 0.3) is 67.6 Å². The molecule has 3 aliphatic rings. The molecule has 0 saturated heterocycles. The summed E-state index contributed by atoms with van der Waals surface area (Å²) in [5, 5.41) is 6.01. The molecule has 4 aromatic carbocycles. The van der Waals surface area contributed by atoms with Crippen molar-refractivity contribution in [3.8, 4) is 27.9 Å². The van der Waals surface area contributed by atoms with Crippen LogP contribution in [0.2, 0.25) is 0 Å². The van der Waals surface area contributed by atoms with Gasteiger partial charge >= 0.3 is 0 Å². The first kappa shape index (κ1) is 28.1. The number of nitrogens with one attached hydrogen (secondary N) is 1. The number of benzene rings is 4. The molecule has 0 saturated carbocycles. The lowest BCUT2D eigenvalue weighted by Crippen LogP contribution is -2.04. The zero-order valence-corrected chi connectivity index (χ0v) is 27.0. The van der Waals surface area contributed by atoms with Gasteiger partial charge in [-0.15, -0.1) is 0 Å². The first-order valence-corrected chi connectivity index (χ1v) is 17.2. The summed E-state index contributed by atoms with van der Waals surface area (Å²) in [7, 11) is 2.00. The summed E-state index contributed by atoms with van der Waals surface area (Å²) in [6.07, 6.45) is 22.9. The van der Waals surface area contributed by atoms with Crippen LogP contribution in [0.4, 0.5) is 0 Å². The van der Waals surface area contributed by atoms with Crippen molar-refractivity contribution in [2.45, 2.75) is 45.1 Å². The van der Waals surface area contributed by atoms with Gasteiger partial charge < -0.3 is 14.5 Å². The van der Waals surface area contributed by atoms with Gasteiger partial charge in [0.05, 0.1) is 11.0 Å². The van der Waals surface area contributed by atoms with Gasteiger partial charge in [0.25, 0.3) is 0 Å². The van der Waals surface area contributed by atoms with Crippen LogP contribution < -0.4 is 5.32 Å². The highest BCUT2D eigenvalue weighted by molar-refractivity contribution is 6.03. The fourth-order valence-electron chi connectivity index (χ4n) is 8.12. The van der Waals surface area contributed by atoms with Gasteiger partial charge in [-0.3, -0.25) is 0 Å². The maximum atomic E-state index is 3.28. The van der Waals surface area contributed by atoms with E-state index >= 15 is 0 Å². The van der Waals surface area contributed by atoms with Crippen LogP contribution in [0.15, 0.2) is 115 Å². The summed E-state index contributed by atoms with van der Waals surface area (Å²) in [4.78, 5) is 0. The molecule has 3 aliphatic carbocycles. The molecule has 2 aromatic heterocycles. The average molecular weight is 610 g/mol. The maximum Gasteiger partial charge on any atom is 0.0543 e. The summed E-state index contributed by atoms with van der Waals surface area (Å²) < 4.78 is 5.00. The number of fused-ring (bicyclic) bond motifs is 6. The first-order chi connectivity index (χ1) is 23.3. The molecule has 0 radical (unpaired) electrons. The lowest BCUT2D eigenvalue weighted by molar-refractivity contribution is 0.818. The highest BCUT2D eigenvalue weighted by Gasteiger charge is 2.23. The highest BCUT2D eigenvalue weighted by atomic mass is 15.0. The molecule has 230 valence electrons. The predicted molar refractivity (Wildman–Crippen MR) is 200 cm³/mol. The van der Waals surface area contributed by atoms with Gasteiger partial charge in [0.1, 0.15) is 0 Å². The van der Waals surface area contributed by atoms with Crippen LogP contribution >= 0.6 is 0 Å². The van der Waals surface area contributed by atoms with Crippen molar-refractivity contribution in [3.05, 3.63) is 143 Å². The zero-order valence-electron chi connectivity index (χ0n) is 27.0. The number of aryl methyl sites for hydroxylation is 1. The van der Waals surface area contributed by atoms with Crippen molar-refractivity contribution >= 4 is 39.7 Å². The number of nitrogens with zero attached hydrogens (tertiary/aromatic N) is 2. The molecule has 3 nitrogen and oxygen atoms in total. The summed E-state index contributed by atoms with van der Waals surface area (Å²) in [6, 6.07) is 32.1. The van der Waals surface area contributed by atoms with Crippen molar-refractivity contribution in [2.75, 3.05) is 7.05 Å². The largest absolute Gasteiger partial charge is 0.316 e. The lowest BCUT2D eigenvalue weighted by Gasteiger charge is -2.15. The van der Waals surface area contributed by atoms with Gasteiger partial charge in [0.15, 0.2) is 0 Å². The van der Waals surface area contributed by atoms with Crippen LogP contribution in [0, 0.1) is 0 Å². The Morgan fingerprint density at radius 2 is 1.47 bits per heavy atom. The second-order valence-corrected chi connectivity index (χ2v) is 13.1. The van der Waals surface area contributed by atoms with Gasteiger partial charge in [-0.1, -0.05) is 78.9 Å². The number of hydrogen-bond acceptors (Lipinski definition) is 1. The SMILES string of the molecule is CNCc1cccc(-c2ccc3c(c2)c2c(n3-c3ccc(-c4cccc5c4c4c(n5C5=CCCC=C5)C=CCC4)cc3)CCC=C2)c1. The average Bonchev–Trinajstić information content (AvgIpc) is 3.65. The minimum atomic E-state index is 0.871. The van der Waals surface area contributed by atoms with Crippen LogP contribution in [0.1, 0.15) is 53.8 Å². The molecular formula is C44H39N3. The van der Waals surface area contributed by atoms with Gasteiger partial charge in [-0.05, 0) is 128 Å². The number of aromatic nitrogens is 2. The summed E-state index contributed by atoms with van der Waals surface area (Å²) >= 11 is 0. The Balaban J connectivity index is 1.15. The van der Waals surface area contributed by atoms with E-state index in [1.54, 1.807) is 0 Å². The molecule has 47 heavy (non-hydrogen) atoms. The van der Waals surface area contributed by atoms with Crippen molar-refractivity contribution in [1.29, 1.82) is 0 Å². The predicted octanol–water partition coefficient (Wildman–Crippen LogP) is 10.7. The van der Waals surface area contributed by atoms with Crippen LogP contribution in [0.3, 0.4) is 0 Å². The third kappa shape index (κ3) is 4.68. The normalized spacial score (nSPS) is 15.3. The van der Waals surface area contributed by atoms with Gasteiger partial charge in [0.2, 0.25) is 0 Å². The summed E-state index contributed by atoms with van der Waals surface area (Å²) in [5.41, 5.74) is 17.1. The molecule has 1 N–H and O–H groups in total. The summed E-state index contributed by atoms with van der Waals surface area (Å²) in [5.74, 6) is 0. The second-order valence-electron chi connectivity index (χ2n) is 13.1. The Morgan fingerprint density at radius 3 is 2.34 bits per heavy atom. The minimum Gasteiger partial charge on any atom is -0.316 e. The molecule has 0 amide bonds. The van der Waals surface area contributed by atoms with Gasteiger partial charge in [-0.2, -0.15) is 0 Å². The van der Waals surface area contributed by atoms with Crippen molar-refractivity contribution in [3.63, 3.8) is 0 Å². The zero-order chi connectivity index (χ0) is 31.3. The van der Waals surface area contributed by atoms with E-state index in [1.165, 1.54) is 83.5 Å². The van der Waals surface area contributed by atoms with Gasteiger partial charge in [0, 0.05) is 45.7 Å². The molecule has 2 heterocycles. The third-order valence-electron chi connectivity index (χ3n) is 10.2. The van der Waals surface area contributed by atoms with E-state index < -0.39 is 0 Å². The molecule has 9 rings (SSSR count). The van der Waals surface area contributed by atoms with Crippen LogP contribution in [-0.4, -0.2) is 16.2 Å². The first-order valence-electron chi connectivity index (χ1n) is 17.2. The fraction of sp³-hybridized carbons (Fsp3) is 0.182. The molecule has 0 spiro atoms. The minimum absolute atomic E-state index is 0.871. The molecule has 3 heteroatoms. The fourth-order valence-corrected chi connectivity index (χ4v) is 8.12. The molecule has 0 unspecified atom stereocenters. The van der Waals surface area contributed by atoms with E-state index in [2.05, 4.69) is 142 Å². The summed E-state index contributed by atoms with van der Waals surface area (Å²) in [6.45, 7) is 0.871. The van der Waals surface area contributed by atoms with E-state index in [1.807, 2.05) is 7.05 Å². The Bertz CT molecular complexity index is 2300. The Labute approximate surface area is 276 Å². The standard InChI is InChI=1S/C44H39N3/c1-45-29-30-11-9-12-32(27-30)33-23-26-42-39(28-33)37-15-5-7-18-40(37)46(42)35-24-21-31(22-25-35)36-17-10-20-43-44(36)38-16-6-8-19-41(38)47(43)34-13-3-2-4-14-34/h3,5,8-15,17,19-28,45H,2,4,6-7,16,18,29H2,1H3. The molecule has 6 aromatic rings. The quantitative estimate of drug-likeness (QED) is 0.199. The highest BCUT2D eigenvalue weighted by Crippen LogP contribution is 2.41. The van der Waals surface area contributed by atoms with Crippen molar-refractivity contribution < 1.29 is 0 Å². The Kier molecular flexibility index (Phi) is 6.94. The number of hydrogen-bond donors (Lipinski definition) is 1. The monoisotopic (exact) mass is 609 g/mol. The van der Waals surface area contributed by atoms with Gasteiger partial charge in [-0.25, -0.2) is 0 Å². The van der Waals surface area contributed by atoms with Crippen molar-refractivity contribution in [1.82, 2.24) is 14.5 Å². The van der Waals surface area contributed by atoms with Crippen LogP contribution in [0.5, 0.6) is 0 Å². The molecule has 0 aliphatic heterocycles.